The topological polar surface area (TPSA) is 75.7 Å². The zero-order valence-electron chi connectivity index (χ0n) is 15.9. The number of hydrogen-bond donors (Lipinski definition) is 1. The largest absolute Gasteiger partial charge is 0.376 e. The Kier molecular flexibility index (Phi) is 7.53. The van der Waals surface area contributed by atoms with E-state index in [4.69, 9.17) is 4.74 Å². The van der Waals surface area contributed by atoms with E-state index in [1.165, 1.54) is 16.4 Å². The predicted molar refractivity (Wildman–Crippen MR) is 106 cm³/mol. The number of hydrogen-bond acceptors (Lipinski definition) is 4. The number of nitrogens with one attached hydrogen (secondary N) is 1. The van der Waals surface area contributed by atoms with Crippen molar-refractivity contribution in [1.29, 1.82) is 0 Å². The van der Waals surface area contributed by atoms with Crippen LogP contribution in [0.5, 0.6) is 0 Å². The van der Waals surface area contributed by atoms with Crippen molar-refractivity contribution in [3.8, 4) is 0 Å². The Morgan fingerprint density at radius 1 is 1.07 bits per heavy atom. The van der Waals surface area contributed by atoms with E-state index in [-0.39, 0.29) is 23.3 Å². The van der Waals surface area contributed by atoms with Crippen molar-refractivity contribution in [3.05, 3.63) is 60.2 Å². The summed E-state index contributed by atoms with van der Waals surface area (Å²) in [5, 5.41) is 2.74. The van der Waals surface area contributed by atoms with Crippen LogP contribution < -0.4 is 5.32 Å². The molecule has 27 heavy (non-hydrogen) atoms. The van der Waals surface area contributed by atoms with Gasteiger partial charge in [-0.1, -0.05) is 30.3 Å². The van der Waals surface area contributed by atoms with Gasteiger partial charge in [-0.3, -0.25) is 4.79 Å². The summed E-state index contributed by atoms with van der Waals surface area (Å²) >= 11 is 0. The first-order chi connectivity index (χ1) is 12.8. The fraction of sp³-hybridized carbons (Fsp3) is 0.350. The lowest BCUT2D eigenvalue weighted by molar-refractivity contribution is -0.117. The van der Waals surface area contributed by atoms with E-state index in [9.17, 15) is 13.2 Å². The molecule has 146 valence electrons. The molecular formula is C20H26N2O4S. The van der Waals surface area contributed by atoms with E-state index < -0.39 is 10.0 Å². The van der Waals surface area contributed by atoms with Gasteiger partial charge < -0.3 is 10.1 Å². The fourth-order valence-corrected chi connectivity index (χ4v) is 3.67. The van der Waals surface area contributed by atoms with Gasteiger partial charge >= 0.3 is 0 Å². The SMILES string of the molecule is CC(C)N(C)S(=O)(=O)c1ccc(NC(=O)CCOCc2ccccc2)cc1. The Balaban J connectivity index is 1.82. The van der Waals surface area contributed by atoms with Gasteiger partial charge in [-0.25, -0.2) is 8.42 Å². The van der Waals surface area contributed by atoms with Crippen molar-refractivity contribution in [2.45, 2.75) is 37.8 Å². The van der Waals surface area contributed by atoms with Crippen molar-refractivity contribution in [3.63, 3.8) is 0 Å². The van der Waals surface area contributed by atoms with Gasteiger partial charge in [-0.05, 0) is 43.7 Å². The summed E-state index contributed by atoms with van der Waals surface area (Å²) in [6.45, 7) is 4.40. The minimum atomic E-state index is -3.53. The Hall–Kier alpha value is -2.22. The zero-order valence-corrected chi connectivity index (χ0v) is 16.7. The lowest BCUT2D eigenvalue weighted by Crippen LogP contribution is -2.33. The molecule has 6 nitrogen and oxygen atoms in total. The van der Waals surface area contributed by atoms with Crippen LogP contribution in [0, 0.1) is 0 Å². The van der Waals surface area contributed by atoms with Crippen molar-refractivity contribution in [1.82, 2.24) is 4.31 Å². The molecule has 0 aliphatic heterocycles. The number of nitrogens with zero attached hydrogens (tertiary/aromatic N) is 1. The van der Waals surface area contributed by atoms with Crippen LogP contribution in [0.3, 0.4) is 0 Å². The van der Waals surface area contributed by atoms with Crippen LogP contribution in [0.15, 0.2) is 59.5 Å². The molecule has 0 bridgehead atoms. The monoisotopic (exact) mass is 390 g/mol. The normalized spacial score (nSPS) is 11.7. The number of anilines is 1. The number of carbonyl (C=O) groups excluding carboxylic acids is 1. The van der Waals surface area contributed by atoms with Gasteiger partial charge in [0.1, 0.15) is 0 Å². The molecule has 1 amide bonds. The first kappa shape index (κ1) is 21.1. The molecule has 0 fully saturated rings. The summed E-state index contributed by atoms with van der Waals surface area (Å²) < 4.78 is 31.6. The fourth-order valence-electron chi connectivity index (χ4n) is 2.31. The molecule has 0 atom stereocenters. The van der Waals surface area contributed by atoms with Gasteiger partial charge in [-0.2, -0.15) is 4.31 Å². The molecule has 0 aromatic heterocycles. The van der Waals surface area contributed by atoms with E-state index in [1.54, 1.807) is 19.2 Å². The molecule has 7 heteroatoms. The molecule has 0 aliphatic carbocycles. The smallest absolute Gasteiger partial charge is 0.243 e. The minimum absolute atomic E-state index is 0.134. The van der Waals surface area contributed by atoms with Crippen LogP contribution in [0.2, 0.25) is 0 Å². The van der Waals surface area contributed by atoms with Gasteiger partial charge in [0.05, 0.1) is 24.5 Å². The summed E-state index contributed by atoms with van der Waals surface area (Å²) in [6, 6.07) is 15.8. The number of carbonyl (C=O) groups is 1. The molecular weight excluding hydrogens is 364 g/mol. The van der Waals surface area contributed by atoms with Crippen LogP contribution in [0.25, 0.3) is 0 Å². The summed E-state index contributed by atoms with van der Waals surface area (Å²) in [4.78, 5) is 12.2. The van der Waals surface area contributed by atoms with Crippen LogP contribution in [-0.2, 0) is 26.2 Å². The van der Waals surface area contributed by atoms with E-state index in [2.05, 4.69) is 5.32 Å². The number of amides is 1. The van der Waals surface area contributed by atoms with Crippen molar-refractivity contribution < 1.29 is 17.9 Å². The van der Waals surface area contributed by atoms with Crippen molar-refractivity contribution >= 4 is 21.6 Å². The molecule has 0 unspecified atom stereocenters. The average molecular weight is 391 g/mol. The molecule has 0 spiro atoms. The first-order valence-corrected chi connectivity index (χ1v) is 10.2. The molecule has 2 aromatic rings. The average Bonchev–Trinajstić information content (AvgIpc) is 2.66. The Labute approximate surface area is 161 Å². The van der Waals surface area contributed by atoms with Gasteiger partial charge in [0.2, 0.25) is 15.9 Å². The second-order valence-electron chi connectivity index (χ2n) is 6.48. The van der Waals surface area contributed by atoms with Crippen LogP contribution >= 0.6 is 0 Å². The lowest BCUT2D eigenvalue weighted by Gasteiger charge is -2.21. The van der Waals surface area contributed by atoms with Crippen LogP contribution in [0.4, 0.5) is 5.69 Å². The van der Waals surface area contributed by atoms with Gasteiger partial charge in [0.25, 0.3) is 0 Å². The number of sulfonamides is 1. The van der Waals surface area contributed by atoms with Crippen LogP contribution in [0.1, 0.15) is 25.8 Å². The molecule has 0 saturated heterocycles. The lowest BCUT2D eigenvalue weighted by atomic mass is 10.2. The second kappa shape index (κ2) is 9.64. The summed E-state index contributed by atoms with van der Waals surface area (Å²) in [7, 11) is -1.98. The third-order valence-corrected chi connectivity index (χ3v) is 6.18. The highest BCUT2D eigenvalue weighted by Crippen LogP contribution is 2.19. The van der Waals surface area contributed by atoms with Crippen molar-refractivity contribution in [2.24, 2.45) is 0 Å². The minimum Gasteiger partial charge on any atom is -0.376 e. The molecule has 2 rings (SSSR count). The highest BCUT2D eigenvalue weighted by molar-refractivity contribution is 7.89. The third-order valence-electron chi connectivity index (χ3n) is 4.13. The molecule has 0 aliphatic rings. The maximum absolute atomic E-state index is 12.4. The Morgan fingerprint density at radius 3 is 2.30 bits per heavy atom. The zero-order chi connectivity index (χ0) is 19.9. The predicted octanol–water partition coefficient (Wildman–Crippen LogP) is 3.26. The summed E-state index contributed by atoms with van der Waals surface area (Å²) in [6.07, 6.45) is 0.225. The number of benzene rings is 2. The Bertz CT molecular complexity index is 834. The van der Waals surface area contributed by atoms with E-state index >= 15 is 0 Å². The highest BCUT2D eigenvalue weighted by atomic mass is 32.2. The van der Waals surface area contributed by atoms with E-state index in [0.717, 1.165) is 5.56 Å². The second-order valence-corrected chi connectivity index (χ2v) is 8.47. The van der Waals surface area contributed by atoms with E-state index in [1.807, 2.05) is 44.2 Å². The molecule has 0 saturated carbocycles. The molecule has 1 N–H and O–H groups in total. The summed E-state index contributed by atoms with van der Waals surface area (Å²) in [5.41, 5.74) is 1.61. The Morgan fingerprint density at radius 2 is 1.70 bits per heavy atom. The number of rotatable bonds is 9. The molecule has 0 radical (unpaired) electrons. The van der Waals surface area contributed by atoms with E-state index in [0.29, 0.717) is 18.9 Å². The molecule has 0 heterocycles. The van der Waals surface area contributed by atoms with Gasteiger partial charge in [0.15, 0.2) is 0 Å². The number of ether oxygens (including phenoxy) is 1. The molecule has 2 aromatic carbocycles. The van der Waals surface area contributed by atoms with Gasteiger partial charge in [0, 0.05) is 18.8 Å². The highest BCUT2D eigenvalue weighted by Gasteiger charge is 2.22. The maximum Gasteiger partial charge on any atom is 0.243 e. The maximum atomic E-state index is 12.4. The quantitative estimate of drug-likeness (QED) is 0.667. The first-order valence-electron chi connectivity index (χ1n) is 8.80. The van der Waals surface area contributed by atoms with Crippen LogP contribution in [-0.4, -0.2) is 38.3 Å². The third kappa shape index (κ3) is 6.16. The van der Waals surface area contributed by atoms with Crippen molar-refractivity contribution in [2.75, 3.05) is 19.0 Å². The van der Waals surface area contributed by atoms with Gasteiger partial charge in [-0.15, -0.1) is 0 Å². The standard InChI is InChI=1S/C20H26N2O4S/c1-16(2)22(3)27(24,25)19-11-9-18(10-12-19)21-20(23)13-14-26-15-17-7-5-4-6-8-17/h4-12,16H,13-15H2,1-3H3,(H,21,23). The summed E-state index contributed by atoms with van der Waals surface area (Å²) in [5.74, 6) is -0.182.